The lowest BCUT2D eigenvalue weighted by atomic mass is 9.86. The second-order valence-corrected chi connectivity index (χ2v) is 13.5. The Bertz CT molecular complexity index is 2780. The molecule has 0 amide bonds. The van der Waals surface area contributed by atoms with Crippen LogP contribution in [0.2, 0.25) is 0 Å². The van der Waals surface area contributed by atoms with Gasteiger partial charge in [-0.2, -0.15) is 0 Å². The molecule has 1 heterocycles. The second kappa shape index (κ2) is 10.4. The molecular formula is C46H28S. The minimum atomic E-state index is 1.25. The smallest absolute Gasteiger partial charge is 0.0361 e. The summed E-state index contributed by atoms with van der Waals surface area (Å²) in [4.78, 5) is 0. The molecule has 0 spiro atoms. The molecule has 0 aliphatic rings. The highest BCUT2D eigenvalue weighted by Gasteiger charge is 2.17. The maximum Gasteiger partial charge on any atom is 0.0361 e. The SMILES string of the molecule is c1ccc(-c2c3ccccc3c(-c3ccc4sc5cc6ccc(-c7cccc8ccccc78)cc6cc5c4c3)c3ccccc23)cc1. The fourth-order valence-electron chi connectivity index (χ4n) is 7.68. The summed E-state index contributed by atoms with van der Waals surface area (Å²) in [5.41, 5.74) is 7.65. The van der Waals surface area contributed by atoms with Crippen molar-refractivity contribution in [2.75, 3.05) is 0 Å². The highest BCUT2D eigenvalue weighted by molar-refractivity contribution is 7.25. The molecule has 1 aromatic heterocycles. The molecule has 0 fully saturated rings. The van der Waals surface area contributed by atoms with Gasteiger partial charge in [-0.25, -0.2) is 0 Å². The summed E-state index contributed by atoms with van der Waals surface area (Å²) in [5.74, 6) is 0. The number of rotatable bonds is 3. The number of hydrogen-bond donors (Lipinski definition) is 0. The second-order valence-electron chi connectivity index (χ2n) is 12.5. The molecule has 47 heavy (non-hydrogen) atoms. The first-order valence-electron chi connectivity index (χ1n) is 16.2. The van der Waals surface area contributed by atoms with E-state index in [2.05, 4.69) is 170 Å². The third-order valence-electron chi connectivity index (χ3n) is 9.81. The molecule has 9 aromatic carbocycles. The van der Waals surface area contributed by atoms with Gasteiger partial charge in [0.25, 0.3) is 0 Å². The standard InChI is InChI=1S/C46H28S/c1-2-12-30(13-3-1)45-37-16-6-8-18-39(37)46(40-19-9-7-17-38(40)45)33-23-24-43-41(26-33)42-27-34-25-32(22-21-31(34)28-44(42)47-43)36-20-10-14-29-11-4-5-15-35(29)36/h1-28H. The summed E-state index contributed by atoms with van der Waals surface area (Å²) in [5, 5.41) is 12.9. The van der Waals surface area contributed by atoms with Gasteiger partial charge in [-0.05, 0) is 107 Å². The van der Waals surface area contributed by atoms with Gasteiger partial charge in [-0.3, -0.25) is 0 Å². The lowest BCUT2D eigenvalue weighted by molar-refractivity contribution is 1.66. The first-order chi connectivity index (χ1) is 23.3. The predicted molar refractivity (Wildman–Crippen MR) is 206 cm³/mol. The van der Waals surface area contributed by atoms with Crippen molar-refractivity contribution in [2.45, 2.75) is 0 Å². The summed E-state index contributed by atoms with van der Waals surface area (Å²) < 4.78 is 2.65. The molecule has 1 heteroatoms. The quantitative estimate of drug-likeness (QED) is 0.174. The molecule has 0 atom stereocenters. The Hall–Kier alpha value is -5.76. The average molecular weight is 613 g/mol. The van der Waals surface area contributed by atoms with Crippen LogP contribution < -0.4 is 0 Å². The average Bonchev–Trinajstić information content (AvgIpc) is 3.49. The Morgan fingerprint density at radius 2 is 0.872 bits per heavy atom. The maximum absolute atomic E-state index is 2.44. The van der Waals surface area contributed by atoms with Gasteiger partial charge in [-0.1, -0.05) is 140 Å². The summed E-state index contributed by atoms with van der Waals surface area (Å²) in [6, 6.07) is 62.7. The van der Waals surface area contributed by atoms with Crippen molar-refractivity contribution in [2.24, 2.45) is 0 Å². The number of fused-ring (bicyclic) bond motifs is 7. The zero-order valence-corrected chi connectivity index (χ0v) is 26.4. The van der Waals surface area contributed by atoms with E-state index in [9.17, 15) is 0 Å². The highest BCUT2D eigenvalue weighted by Crippen LogP contribution is 2.46. The molecule has 0 unspecified atom stereocenters. The highest BCUT2D eigenvalue weighted by atomic mass is 32.1. The van der Waals surface area contributed by atoms with Crippen LogP contribution in [0.25, 0.3) is 96.6 Å². The van der Waals surface area contributed by atoms with Crippen molar-refractivity contribution < 1.29 is 0 Å². The van der Waals surface area contributed by atoms with Gasteiger partial charge in [0.05, 0.1) is 0 Å². The van der Waals surface area contributed by atoms with E-state index in [0.29, 0.717) is 0 Å². The largest absolute Gasteiger partial charge is 0.135 e. The molecule has 0 radical (unpaired) electrons. The van der Waals surface area contributed by atoms with Crippen molar-refractivity contribution >= 4 is 74.6 Å². The third kappa shape index (κ3) is 4.14. The topological polar surface area (TPSA) is 0 Å². The van der Waals surface area contributed by atoms with E-state index in [0.717, 1.165) is 0 Å². The number of thiophene rings is 1. The summed E-state index contributed by atoms with van der Waals surface area (Å²) in [6.07, 6.45) is 0. The monoisotopic (exact) mass is 612 g/mol. The Labute approximate surface area is 276 Å². The van der Waals surface area contributed by atoms with Gasteiger partial charge in [0.15, 0.2) is 0 Å². The van der Waals surface area contributed by atoms with E-state index in [4.69, 9.17) is 0 Å². The molecule has 0 saturated carbocycles. The molecule has 0 nitrogen and oxygen atoms in total. The Kier molecular flexibility index (Phi) is 5.85. The van der Waals surface area contributed by atoms with E-state index < -0.39 is 0 Å². The molecule has 0 saturated heterocycles. The molecule has 218 valence electrons. The van der Waals surface area contributed by atoms with Crippen molar-refractivity contribution in [3.8, 4) is 33.4 Å². The van der Waals surface area contributed by atoms with Crippen LogP contribution in [-0.4, -0.2) is 0 Å². The third-order valence-corrected chi connectivity index (χ3v) is 10.9. The molecule has 0 N–H and O–H groups in total. The van der Waals surface area contributed by atoms with Crippen LogP contribution in [-0.2, 0) is 0 Å². The van der Waals surface area contributed by atoms with Crippen molar-refractivity contribution in [3.63, 3.8) is 0 Å². The fraction of sp³-hybridized carbons (Fsp3) is 0. The molecule has 10 rings (SSSR count). The lowest BCUT2D eigenvalue weighted by Gasteiger charge is -2.17. The summed E-state index contributed by atoms with van der Waals surface area (Å²) >= 11 is 1.89. The van der Waals surface area contributed by atoms with E-state index >= 15 is 0 Å². The van der Waals surface area contributed by atoms with Gasteiger partial charge in [0, 0.05) is 20.2 Å². The predicted octanol–water partition coefficient (Wildman–Crippen LogP) is 13.7. The van der Waals surface area contributed by atoms with Gasteiger partial charge < -0.3 is 0 Å². The van der Waals surface area contributed by atoms with Crippen LogP contribution in [0.5, 0.6) is 0 Å². The van der Waals surface area contributed by atoms with Crippen LogP contribution >= 0.6 is 11.3 Å². The number of benzene rings is 9. The van der Waals surface area contributed by atoms with Crippen LogP contribution in [0.3, 0.4) is 0 Å². The van der Waals surface area contributed by atoms with Gasteiger partial charge in [-0.15, -0.1) is 11.3 Å². The van der Waals surface area contributed by atoms with Crippen molar-refractivity contribution in [1.82, 2.24) is 0 Å². The van der Waals surface area contributed by atoms with Gasteiger partial charge in [0.2, 0.25) is 0 Å². The minimum absolute atomic E-state index is 1.25. The van der Waals surface area contributed by atoms with Crippen molar-refractivity contribution in [1.29, 1.82) is 0 Å². The summed E-state index contributed by atoms with van der Waals surface area (Å²) in [7, 11) is 0. The first-order valence-corrected chi connectivity index (χ1v) is 17.0. The van der Waals surface area contributed by atoms with Crippen LogP contribution in [0, 0.1) is 0 Å². The van der Waals surface area contributed by atoms with Crippen LogP contribution in [0.15, 0.2) is 170 Å². The van der Waals surface area contributed by atoms with Gasteiger partial charge in [0.1, 0.15) is 0 Å². The summed E-state index contributed by atoms with van der Waals surface area (Å²) in [6.45, 7) is 0. The lowest BCUT2D eigenvalue weighted by Crippen LogP contribution is -1.90. The van der Waals surface area contributed by atoms with Crippen LogP contribution in [0.1, 0.15) is 0 Å². The molecule has 0 bridgehead atoms. The van der Waals surface area contributed by atoms with E-state index in [1.165, 1.54) is 96.6 Å². The molecular weight excluding hydrogens is 585 g/mol. The maximum atomic E-state index is 2.44. The normalized spacial score (nSPS) is 11.8. The van der Waals surface area contributed by atoms with E-state index in [1.54, 1.807) is 0 Å². The fourth-order valence-corrected chi connectivity index (χ4v) is 8.79. The Balaban J connectivity index is 1.21. The number of hydrogen-bond acceptors (Lipinski definition) is 1. The Morgan fingerprint density at radius 1 is 0.277 bits per heavy atom. The van der Waals surface area contributed by atoms with Crippen LogP contribution in [0.4, 0.5) is 0 Å². The van der Waals surface area contributed by atoms with E-state index in [1.807, 2.05) is 11.3 Å². The molecule has 0 aliphatic carbocycles. The molecule has 10 aromatic rings. The Morgan fingerprint density at radius 3 is 1.62 bits per heavy atom. The van der Waals surface area contributed by atoms with E-state index in [-0.39, 0.29) is 0 Å². The first kappa shape index (κ1) is 26.5. The van der Waals surface area contributed by atoms with Crippen molar-refractivity contribution in [3.05, 3.63) is 170 Å². The zero-order valence-electron chi connectivity index (χ0n) is 25.6. The zero-order chi connectivity index (χ0) is 30.9. The minimum Gasteiger partial charge on any atom is -0.135 e. The van der Waals surface area contributed by atoms with Gasteiger partial charge >= 0.3 is 0 Å². The molecule has 0 aliphatic heterocycles.